The van der Waals surface area contributed by atoms with Crippen LogP contribution >= 0.6 is 0 Å². The lowest BCUT2D eigenvalue weighted by Gasteiger charge is -2.01. The number of fused-ring (bicyclic) bond motifs is 1. The minimum atomic E-state index is -1.50. The zero-order valence-electron chi connectivity index (χ0n) is 11.6. The van der Waals surface area contributed by atoms with E-state index in [9.17, 15) is 0 Å². The van der Waals surface area contributed by atoms with Gasteiger partial charge in [0.15, 0.2) is 5.96 Å². The molecule has 116 valence electrons. The van der Waals surface area contributed by atoms with Gasteiger partial charge in [-0.05, 0) is 22.4 Å². The van der Waals surface area contributed by atoms with Gasteiger partial charge in [0.1, 0.15) is 0 Å². The predicted octanol–water partition coefficient (Wildman–Crippen LogP) is 0.580. The van der Waals surface area contributed by atoms with Gasteiger partial charge in [-0.3, -0.25) is 0 Å². The molecular weight excluding hydrogens is 288 g/mol. The molecule has 0 aliphatic heterocycles. The van der Waals surface area contributed by atoms with Gasteiger partial charge in [-0.15, -0.1) is 10.1 Å². The minimum Gasteiger partial charge on any atom is -0.370 e. The second kappa shape index (κ2) is 8.04. The number of hydrogen-bond acceptors (Lipinski definition) is 3. The second-order valence-electron chi connectivity index (χ2n) is 4.13. The summed E-state index contributed by atoms with van der Waals surface area (Å²) in [7, 11) is 0. The summed E-state index contributed by atoms with van der Waals surface area (Å²) in [5.41, 5.74) is 17.0. The Morgan fingerprint density at radius 3 is 2.32 bits per heavy atom. The first-order valence-electron chi connectivity index (χ1n) is 6.09. The van der Waals surface area contributed by atoms with E-state index in [0.29, 0.717) is 6.54 Å². The zero-order chi connectivity index (χ0) is 16.5. The van der Waals surface area contributed by atoms with Crippen molar-refractivity contribution in [2.75, 3.05) is 0 Å². The van der Waals surface area contributed by atoms with Crippen LogP contribution in [0.15, 0.2) is 52.4 Å². The summed E-state index contributed by atoms with van der Waals surface area (Å²) in [4.78, 5) is 16.1. The third-order valence-corrected chi connectivity index (χ3v) is 2.48. The average molecular weight is 304 g/mol. The largest absolute Gasteiger partial charge is 0.370 e. The molecule has 0 spiro atoms. The lowest BCUT2D eigenvalue weighted by molar-refractivity contribution is -0.742. The highest BCUT2D eigenvalue weighted by Crippen LogP contribution is 2.16. The molecule has 2 rings (SSSR count). The molecule has 0 heterocycles. The van der Waals surface area contributed by atoms with Crippen LogP contribution in [-0.4, -0.2) is 22.2 Å². The highest BCUT2D eigenvalue weighted by atomic mass is 16.9. The van der Waals surface area contributed by atoms with E-state index in [-0.39, 0.29) is 11.9 Å². The molecule has 9 heteroatoms. The summed E-state index contributed by atoms with van der Waals surface area (Å²) < 4.78 is 0. The van der Waals surface area contributed by atoms with E-state index in [0.717, 1.165) is 5.56 Å². The third kappa shape index (κ3) is 6.19. The van der Waals surface area contributed by atoms with Gasteiger partial charge in [0, 0.05) is 0 Å². The Labute approximate surface area is 125 Å². The molecule has 0 fully saturated rings. The third-order valence-electron chi connectivity index (χ3n) is 2.48. The Hall–Kier alpha value is -3.36. The van der Waals surface area contributed by atoms with Crippen molar-refractivity contribution in [3.8, 4) is 0 Å². The fourth-order valence-electron chi connectivity index (χ4n) is 1.68. The van der Waals surface area contributed by atoms with Crippen molar-refractivity contribution in [1.82, 2.24) is 0 Å². The quantitative estimate of drug-likeness (QED) is 0.274. The van der Waals surface area contributed by atoms with Gasteiger partial charge in [-0.1, -0.05) is 36.4 Å². The van der Waals surface area contributed by atoms with E-state index in [1.807, 2.05) is 18.2 Å². The number of nitrogens with two attached hydrogens (primary N) is 3. The Balaban J connectivity index is 0.000000541. The van der Waals surface area contributed by atoms with Gasteiger partial charge in [-0.25, -0.2) is 4.99 Å². The van der Waals surface area contributed by atoms with Crippen molar-refractivity contribution < 1.29 is 10.3 Å². The van der Waals surface area contributed by atoms with Gasteiger partial charge in [0.05, 0.1) is 6.54 Å². The first kappa shape index (κ1) is 16.7. The van der Waals surface area contributed by atoms with Gasteiger partial charge in [0.2, 0.25) is 5.96 Å². The van der Waals surface area contributed by atoms with Gasteiger partial charge in [0.25, 0.3) is 5.09 Å². The number of guanidine groups is 2. The van der Waals surface area contributed by atoms with Crippen LogP contribution in [0.3, 0.4) is 0 Å². The molecule has 7 N–H and O–H groups in total. The number of rotatable bonds is 2. The normalized spacial score (nSPS) is 10.5. The summed E-state index contributed by atoms with van der Waals surface area (Å²) >= 11 is 0. The second-order valence-corrected chi connectivity index (χ2v) is 4.13. The monoisotopic (exact) mass is 304 g/mol. The molecule has 0 saturated heterocycles. The van der Waals surface area contributed by atoms with Crippen LogP contribution in [0.25, 0.3) is 10.8 Å². The number of hydrogen-bond donors (Lipinski definition) is 4. The van der Waals surface area contributed by atoms with Crippen LogP contribution in [0, 0.1) is 10.1 Å². The van der Waals surface area contributed by atoms with Gasteiger partial charge in [-0.2, -0.15) is 4.99 Å². The molecule has 0 saturated carbocycles. The van der Waals surface area contributed by atoms with Crippen LogP contribution in [0.5, 0.6) is 0 Å². The van der Waals surface area contributed by atoms with E-state index < -0.39 is 5.09 Å². The molecule has 0 bridgehead atoms. The van der Waals surface area contributed by atoms with Gasteiger partial charge < -0.3 is 22.4 Å². The fourth-order valence-corrected chi connectivity index (χ4v) is 1.68. The van der Waals surface area contributed by atoms with E-state index in [1.54, 1.807) is 0 Å². The van der Waals surface area contributed by atoms with E-state index in [1.165, 1.54) is 10.8 Å². The predicted molar refractivity (Wildman–Crippen MR) is 83.9 cm³/mol. The lowest BCUT2D eigenvalue weighted by Crippen LogP contribution is -2.26. The Morgan fingerprint density at radius 1 is 1.14 bits per heavy atom. The SMILES string of the molecule is NC(N)=NC(N)=NCc1ccc2ccccc2c1.O=[N+]([O-])O. The maximum Gasteiger partial charge on any atom is 0.291 e. The first-order valence-corrected chi connectivity index (χ1v) is 6.09. The van der Waals surface area contributed by atoms with Crippen molar-refractivity contribution in [3.63, 3.8) is 0 Å². The molecule has 0 aliphatic carbocycles. The van der Waals surface area contributed by atoms with E-state index in [4.69, 9.17) is 32.5 Å². The highest BCUT2D eigenvalue weighted by molar-refractivity contribution is 5.92. The molecule has 22 heavy (non-hydrogen) atoms. The first-order chi connectivity index (χ1) is 10.4. The number of benzene rings is 2. The van der Waals surface area contributed by atoms with Crippen LogP contribution < -0.4 is 17.2 Å². The van der Waals surface area contributed by atoms with E-state index in [2.05, 4.69) is 34.3 Å². The zero-order valence-corrected chi connectivity index (χ0v) is 11.6. The van der Waals surface area contributed by atoms with Crippen LogP contribution in [0.1, 0.15) is 5.56 Å². The van der Waals surface area contributed by atoms with Gasteiger partial charge >= 0.3 is 0 Å². The summed E-state index contributed by atoms with van der Waals surface area (Å²) in [6.07, 6.45) is 0. The maximum absolute atomic E-state index is 8.36. The maximum atomic E-state index is 8.36. The fraction of sp³-hybridized carbons (Fsp3) is 0.0769. The molecule has 2 aromatic carbocycles. The molecule has 0 amide bonds. The summed E-state index contributed by atoms with van der Waals surface area (Å²) in [5.74, 6) is -0.00193. The van der Waals surface area contributed by atoms with Crippen LogP contribution in [0.2, 0.25) is 0 Å². The molecule has 0 aromatic heterocycles. The van der Waals surface area contributed by atoms with Crippen molar-refractivity contribution in [2.24, 2.45) is 27.2 Å². The van der Waals surface area contributed by atoms with Crippen molar-refractivity contribution in [3.05, 3.63) is 58.1 Å². The standard InChI is InChI=1S/C13H15N5.HNO3/c14-12(15)18-13(16)17-8-9-5-6-10-3-1-2-4-11(10)7-9;2-1(3)4/h1-7H,8H2,(H6,14,15,16,17,18);(H,2,3,4). The number of aliphatic imine (C=N–C) groups is 2. The Morgan fingerprint density at radius 2 is 1.73 bits per heavy atom. The highest BCUT2D eigenvalue weighted by Gasteiger charge is 1.96. The number of nitrogens with zero attached hydrogens (tertiary/aromatic N) is 3. The van der Waals surface area contributed by atoms with Crippen LogP contribution in [-0.2, 0) is 6.54 Å². The summed E-state index contributed by atoms with van der Waals surface area (Å²) in [6, 6.07) is 14.3. The van der Waals surface area contributed by atoms with Crippen LogP contribution in [0.4, 0.5) is 0 Å². The van der Waals surface area contributed by atoms with Crippen molar-refractivity contribution in [1.29, 1.82) is 0 Å². The summed E-state index contributed by atoms with van der Waals surface area (Å²) in [5, 5.41) is 16.0. The molecule has 2 aromatic rings. The molecule has 0 unspecified atom stereocenters. The molecule has 0 atom stereocenters. The minimum absolute atomic E-state index is 0.0863. The van der Waals surface area contributed by atoms with E-state index >= 15 is 0 Å². The molecule has 0 radical (unpaired) electrons. The summed E-state index contributed by atoms with van der Waals surface area (Å²) in [6.45, 7) is 0.452. The Bertz CT molecular complexity index is 706. The van der Waals surface area contributed by atoms with Crippen molar-refractivity contribution in [2.45, 2.75) is 6.54 Å². The van der Waals surface area contributed by atoms with Crippen molar-refractivity contribution >= 4 is 22.7 Å². The molecule has 0 aliphatic rings. The molecule has 9 nitrogen and oxygen atoms in total. The average Bonchev–Trinajstić information content (AvgIpc) is 2.43. The lowest BCUT2D eigenvalue weighted by atomic mass is 10.1. The Kier molecular flexibility index (Phi) is 6.10. The smallest absolute Gasteiger partial charge is 0.291 e. The topological polar surface area (TPSA) is 166 Å². The molecular formula is C13H16N6O3.